The van der Waals surface area contributed by atoms with E-state index in [2.05, 4.69) is 60.3 Å². The van der Waals surface area contributed by atoms with E-state index in [1.807, 2.05) is 51.4 Å². The third-order valence-corrected chi connectivity index (χ3v) is 2.91. The molecular weight excluding hydrogens is 426 g/mol. The predicted octanol–water partition coefficient (Wildman–Crippen LogP) is -4.37. The van der Waals surface area contributed by atoms with Crippen LogP contribution in [0.1, 0.15) is 0 Å². The van der Waals surface area contributed by atoms with Gasteiger partial charge in [-0.1, -0.05) is 8.64 Å². The Morgan fingerprint density at radius 3 is 1.22 bits per heavy atom. The van der Waals surface area contributed by atoms with Crippen molar-refractivity contribution in [3.63, 3.8) is 0 Å². The number of hydrogen-bond donors (Lipinski definition) is 2. The second-order valence-electron chi connectivity index (χ2n) is 3.87. The van der Waals surface area contributed by atoms with Crippen LogP contribution < -0.4 is 69.7 Å². The number of thiocarbonyl (C=S) groups is 2. The number of hydrogen-bond acceptors (Lipinski definition) is 4. The summed E-state index contributed by atoms with van der Waals surface area (Å²) < 4.78 is 0.863. The molecule has 9 heteroatoms. The Bertz CT molecular complexity index is 283. The zero-order valence-electron chi connectivity index (χ0n) is 13.0. The van der Waals surface area contributed by atoms with Crippen molar-refractivity contribution in [3.05, 3.63) is 63.2 Å². The first-order valence-electron chi connectivity index (χ1n) is 5.89. The summed E-state index contributed by atoms with van der Waals surface area (Å²) >= 11 is 18.7. The standard InChI is InChI=1S/2C7H8NS2.Fe.2Na/c2*9-7(10)8-5-6-3-1-2-4-6;;;/h2*1-4H,5H2,(H2,8,9,10);;;/q;;+2;2*+1/p-2. The molecule has 2 rings (SSSR count). The summed E-state index contributed by atoms with van der Waals surface area (Å²) in [7, 11) is 0. The SMILES string of the molecule is S=C([S-])NC[C]1[CH][CH][CH][CH]1.S=C([S-])NC[C]1[CH][CH][CH][CH]1.[Fe+2].[Na+].[Na+]. The molecule has 2 aliphatic carbocycles. The zero-order chi connectivity index (χ0) is 14.8. The van der Waals surface area contributed by atoms with Gasteiger partial charge < -0.3 is 60.3 Å². The van der Waals surface area contributed by atoms with E-state index in [0.29, 0.717) is 8.64 Å². The summed E-state index contributed by atoms with van der Waals surface area (Å²) in [6.45, 7) is 1.49. The van der Waals surface area contributed by atoms with E-state index in [1.165, 1.54) is 11.8 Å². The van der Waals surface area contributed by atoms with Crippen molar-refractivity contribution >= 4 is 58.3 Å². The van der Waals surface area contributed by atoms with E-state index in [9.17, 15) is 0 Å². The molecule has 2 aliphatic rings. The molecule has 2 nitrogen and oxygen atoms in total. The van der Waals surface area contributed by atoms with Crippen molar-refractivity contribution < 1.29 is 76.2 Å². The molecule has 0 aliphatic heterocycles. The van der Waals surface area contributed by atoms with Crippen LogP contribution in [-0.2, 0) is 42.3 Å². The molecule has 0 heterocycles. The van der Waals surface area contributed by atoms with E-state index in [4.69, 9.17) is 0 Å². The Balaban J connectivity index is -0.000000308. The van der Waals surface area contributed by atoms with Crippen LogP contribution >= 0.6 is 24.4 Å². The molecule has 0 aromatic heterocycles. The molecule has 0 bridgehead atoms. The van der Waals surface area contributed by atoms with E-state index in [0.717, 1.165) is 13.1 Å². The topological polar surface area (TPSA) is 24.1 Å². The molecule has 0 aromatic carbocycles. The second kappa shape index (κ2) is 19.5. The van der Waals surface area contributed by atoms with Crippen LogP contribution in [0.25, 0.3) is 0 Å². The molecular formula is C14H14FeN2Na2S4+2. The quantitative estimate of drug-likeness (QED) is 0.261. The minimum absolute atomic E-state index is 0. The Morgan fingerprint density at radius 2 is 1.00 bits per heavy atom. The average molecular weight is 440 g/mol. The maximum absolute atomic E-state index is 4.67. The molecule has 2 saturated carbocycles. The fourth-order valence-corrected chi connectivity index (χ4v) is 1.70. The van der Waals surface area contributed by atoms with Gasteiger partial charge in [-0.3, -0.25) is 0 Å². The summed E-state index contributed by atoms with van der Waals surface area (Å²) in [6, 6.07) is 0. The van der Waals surface area contributed by atoms with Crippen molar-refractivity contribution in [1.82, 2.24) is 10.6 Å². The molecule has 2 N–H and O–H groups in total. The Hall–Kier alpha value is 2.74. The largest absolute Gasteiger partial charge is 2.00 e. The smallest absolute Gasteiger partial charge is 0.412 e. The maximum atomic E-state index is 4.67. The molecule has 23 heavy (non-hydrogen) atoms. The first-order chi connectivity index (χ1) is 9.58. The van der Waals surface area contributed by atoms with Gasteiger partial charge in [-0.05, 0) is 51.4 Å². The molecule has 0 aromatic rings. The van der Waals surface area contributed by atoms with Gasteiger partial charge in [-0.15, -0.1) is 0 Å². The summed E-state index contributed by atoms with van der Waals surface area (Å²) in [4.78, 5) is 0. The molecule has 112 valence electrons. The Labute approximate surface area is 218 Å². The van der Waals surface area contributed by atoms with Crippen molar-refractivity contribution in [2.75, 3.05) is 13.1 Å². The minimum atomic E-state index is 0. The molecule has 2 fully saturated rings. The van der Waals surface area contributed by atoms with Gasteiger partial charge in [0.2, 0.25) is 0 Å². The Kier molecular flexibility index (Phi) is 25.8. The van der Waals surface area contributed by atoms with Gasteiger partial charge in [0.05, 0.1) is 0 Å². The molecule has 10 radical (unpaired) electrons. The molecule has 0 atom stereocenters. The van der Waals surface area contributed by atoms with E-state index in [-0.39, 0.29) is 76.2 Å². The van der Waals surface area contributed by atoms with Gasteiger partial charge in [0, 0.05) is 24.9 Å². The first-order valence-corrected chi connectivity index (χ1v) is 7.52. The summed E-state index contributed by atoms with van der Waals surface area (Å²) in [5, 5.41) is 5.79. The Morgan fingerprint density at radius 1 is 0.739 bits per heavy atom. The van der Waals surface area contributed by atoms with Crippen molar-refractivity contribution in [2.45, 2.75) is 0 Å². The van der Waals surface area contributed by atoms with Gasteiger partial charge in [0.25, 0.3) is 0 Å². The summed E-state index contributed by atoms with van der Waals surface area (Å²) in [5.74, 6) is 2.43. The van der Waals surface area contributed by atoms with Crippen LogP contribution in [-0.4, -0.2) is 21.7 Å². The first kappa shape index (κ1) is 30.5. The number of nitrogens with one attached hydrogen (secondary N) is 2. The van der Waals surface area contributed by atoms with Gasteiger partial charge in [0.1, 0.15) is 0 Å². The van der Waals surface area contributed by atoms with E-state index in [1.54, 1.807) is 0 Å². The molecule has 0 unspecified atom stereocenters. The van der Waals surface area contributed by atoms with Gasteiger partial charge in [-0.2, -0.15) is 0 Å². The predicted molar refractivity (Wildman–Crippen MR) is 96.8 cm³/mol. The summed E-state index contributed by atoms with van der Waals surface area (Å²) in [5.41, 5.74) is 0. The van der Waals surface area contributed by atoms with Crippen LogP contribution in [0.4, 0.5) is 0 Å². The number of rotatable bonds is 4. The van der Waals surface area contributed by atoms with E-state index >= 15 is 0 Å². The van der Waals surface area contributed by atoms with Crippen molar-refractivity contribution in [1.29, 1.82) is 0 Å². The van der Waals surface area contributed by atoms with Gasteiger partial charge in [-0.25, -0.2) is 0 Å². The fraction of sp³-hybridized carbons (Fsp3) is 0.143. The maximum Gasteiger partial charge on any atom is 2.00 e. The fourth-order valence-electron chi connectivity index (χ4n) is 1.41. The van der Waals surface area contributed by atoms with Gasteiger partial charge >= 0.3 is 76.2 Å². The summed E-state index contributed by atoms with van der Waals surface area (Å²) in [6.07, 6.45) is 16.1. The van der Waals surface area contributed by atoms with Crippen molar-refractivity contribution in [2.24, 2.45) is 0 Å². The zero-order valence-corrected chi connectivity index (χ0v) is 21.4. The van der Waals surface area contributed by atoms with E-state index < -0.39 is 0 Å². The normalized spacial score (nSPS) is 16.7. The van der Waals surface area contributed by atoms with Crippen LogP contribution in [0, 0.1) is 63.2 Å². The second-order valence-corrected chi connectivity index (χ2v) is 6.02. The molecule has 0 spiro atoms. The third kappa shape index (κ3) is 17.9. The third-order valence-electron chi connectivity index (χ3n) is 2.34. The van der Waals surface area contributed by atoms with Crippen molar-refractivity contribution in [3.8, 4) is 0 Å². The van der Waals surface area contributed by atoms with Crippen LogP contribution in [0.2, 0.25) is 0 Å². The van der Waals surface area contributed by atoms with Gasteiger partial charge in [0.15, 0.2) is 0 Å². The molecule has 0 saturated heterocycles. The molecule has 0 amide bonds. The van der Waals surface area contributed by atoms with Crippen LogP contribution in [0.15, 0.2) is 0 Å². The van der Waals surface area contributed by atoms with Crippen LogP contribution in [0.3, 0.4) is 0 Å². The average Bonchev–Trinajstić information content (AvgIpc) is 3.08. The minimum Gasteiger partial charge on any atom is -0.412 e. The van der Waals surface area contributed by atoms with Crippen LogP contribution in [0.5, 0.6) is 0 Å². The monoisotopic (exact) mass is 440 g/mol.